The van der Waals surface area contributed by atoms with Crippen molar-refractivity contribution in [3.63, 3.8) is 0 Å². The molecule has 0 aliphatic carbocycles. The van der Waals surface area contributed by atoms with E-state index in [2.05, 4.69) is 35.9 Å². The number of pyridine rings is 1. The molecule has 0 saturated carbocycles. The van der Waals surface area contributed by atoms with Crippen LogP contribution >= 0.6 is 0 Å². The van der Waals surface area contributed by atoms with Gasteiger partial charge in [0.1, 0.15) is 12.4 Å². The largest absolute Gasteiger partial charge is 0.491 e. The highest BCUT2D eigenvalue weighted by Gasteiger charge is 2.21. The maximum Gasteiger partial charge on any atom is 0.255 e. The van der Waals surface area contributed by atoms with Gasteiger partial charge in [-0.25, -0.2) is 0 Å². The lowest BCUT2D eigenvalue weighted by molar-refractivity contribution is 0.0733. The van der Waals surface area contributed by atoms with Gasteiger partial charge in [0.05, 0.1) is 12.1 Å². The number of nitrogens with zero attached hydrogens (tertiary/aromatic N) is 3. The van der Waals surface area contributed by atoms with Crippen molar-refractivity contribution in [3.05, 3.63) is 58.9 Å². The summed E-state index contributed by atoms with van der Waals surface area (Å²) >= 11 is 0. The lowest BCUT2D eigenvalue weighted by atomic mass is 10.1. The summed E-state index contributed by atoms with van der Waals surface area (Å²) in [4.78, 5) is 21.3. The van der Waals surface area contributed by atoms with E-state index in [0.717, 1.165) is 36.6 Å². The summed E-state index contributed by atoms with van der Waals surface area (Å²) in [7, 11) is 0. The molecule has 0 saturated heterocycles. The van der Waals surface area contributed by atoms with Crippen LogP contribution in [-0.4, -0.2) is 46.9 Å². The summed E-state index contributed by atoms with van der Waals surface area (Å²) in [5.41, 5.74) is 3.86. The van der Waals surface area contributed by atoms with Crippen molar-refractivity contribution in [1.29, 1.82) is 0 Å². The first-order chi connectivity index (χ1) is 12.6. The number of hydrogen-bond donors (Lipinski definition) is 0. The minimum absolute atomic E-state index is 0.00287. The molecule has 1 amide bonds. The van der Waals surface area contributed by atoms with Gasteiger partial charge in [-0.3, -0.25) is 14.7 Å². The Kier molecular flexibility index (Phi) is 5.89. The topological polar surface area (TPSA) is 45.7 Å². The van der Waals surface area contributed by atoms with E-state index in [4.69, 9.17) is 4.74 Å². The van der Waals surface area contributed by atoms with Crippen LogP contribution in [0.2, 0.25) is 0 Å². The van der Waals surface area contributed by atoms with Crippen LogP contribution in [0.1, 0.15) is 41.0 Å². The standard InChI is InChI=1S/C21H27N3O2/c1-4-23(5-2)14-17-7-9-20-19(12-17)15-24(10-11-26-20)21(25)18-8-6-16(3)22-13-18/h6-9,12-13H,4-5,10-11,14-15H2,1-3H3. The average Bonchev–Trinajstić information content (AvgIpc) is 2.88. The van der Waals surface area contributed by atoms with E-state index < -0.39 is 0 Å². The molecule has 1 aliphatic heterocycles. The first-order valence-electron chi connectivity index (χ1n) is 9.29. The van der Waals surface area contributed by atoms with Gasteiger partial charge < -0.3 is 9.64 Å². The fourth-order valence-electron chi connectivity index (χ4n) is 3.20. The molecule has 0 bridgehead atoms. The third-order valence-electron chi connectivity index (χ3n) is 4.85. The highest BCUT2D eigenvalue weighted by molar-refractivity contribution is 5.94. The Bertz CT molecular complexity index is 754. The SMILES string of the molecule is CCN(CC)Cc1ccc2c(c1)CN(C(=O)c1ccc(C)nc1)CCO2. The second-order valence-corrected chi connectivity index (χ2v) is 6.67. The fourth-order valence-corrected chi connectivity index (χ4v) is 3.20. The lowest BCUT2D eigenvalue weighted by Crippen LogP contribution is -2.32. The van der Waals surface area contributed by atoms with Crippen LogP contribution in [-0.2, 0) is 13.1 Å². The van der Waals surface area contributed by atoms with Crippen LogP contribution in [0.25, 0.3) is 0 Å². The molecule has 26 heavy (non-hydrogen) atoms. The number of fused-ring (bicyclic) bond motifs is 1. The van der Waals surface area contributed by atoms with Crippen molar-refractivity contribution in [3.8, 4) is 5.75 Å². The molecule has 5 heteroatoms. The van der Waals surface area contributed by atoms with Crippen LogP contribution < -0.4 is 4.74 Å². The van der Waals surface area contributed by atoms with Gasteiger partial charge >= 0.3 is 0 Å². The van der Waals surface area contributed by atoms with Gasteiger partial charge in [-0.2, -0.15) is 0 Å². The molecule has 0 spiro atoms. The van der Waals surface area contributed by atoms with E-state index in [1.54, 1.807) is 6.20 Å². The van der Waals surface area contributed by atoms with Gasteiger partial charge in [0.25, 0.3) is 5.91 Å². The number of hydrogen-bond acceptors (Lipinski definition) is 4. The summed E-state index contributed by atoms with van der Waals surface area (Å²) in [6.07, 6.45) is 1.65. The van der Waals surface area contributed by atoms with Crippen LogP contribution in [0, 0.1) is 6.92 Å². The Morgan fingerprint density at radius 3 is 2.73 bits per heavy atom. The van der Waals surface area contributed by atoms with E-state index in [9.17, 15) is 4.79 Å². The van der Waals surface area contributed by atoms with Crippen molar-refractivity contribution in [2.24, 2.45) is 0 Å². The predicted octanol–water partition coefficient (Wildman–Crippen LogP) is 3.27. The minimum atomic E-state index is 0.00287. The molecule has 3 rings (SSSR count). The molecule has 1 aromatic heterocycles. The molecule has 0 radical (unpaired) electrons. The van der Waals surface area contributed by atoms with Crippen molar-refractivity contribution in [2.75, 3.05) is 26.2 Å². The Balaban J connectivity index is 1.79. The molecule has 5 nitrogen and oxygen atoms in total. The van der Waals surface area contributed by atoms with Crippen molar-refractivity contribution in [1.82, 2.24) is 14.8 Å². The molecule has 1 aliphatic rings. The zero-order valence-electron chi connectivity index (χ0n) is 15.9. The Hall–Kier alpha value is -2.40. The molecule has 0 unspecified atom stereocenters. The molecule has 0 atom stereocenters. The molecular formula is C21H27N3O2. The number of benzene rings is 1. The quantitative estimate of drug-likeness (QED) is 0.828. The number of carbonyl (C=O) groups excluding carboxylic acids is 1. The predicted molar refractivity (Wildman–Crippen MR) is 102 cm³/mol. The Morgan fingerprint density at radius 2 is 2.04 bits per heavy atom. The first-order valence-corrected chi connectivity index (χ1v) is 9.29. The molecular weight excluding hydrogens is 326 g/mol. The minimum Gasteiger partial charge on any atom is -0.491 e. The van der Waals surface area contributed by atoms with Crippen molar-refractivity contribution < 1.29 is 9.53 Å². The molecule has 2 aromatic rings. The monoisotopic (exact) mass is 353 g/mol. The van der Waals surface area contributed by atoms with Crippen LogP contribution in [0.5, 0.6) is 5.75 Å². The van der Waals surface area contributed by atoms with Gasteiger partial charge in [0.15, 0.2) is 0 Å². The third kappa shape index (κ3) is 4.22. The third-order valence-corrected chi connectivity index (χ3v) is 4.85. The lowest BCUT2D eigenvalue weighted by Gasteiger charge is -2.21. The number of amides is 1. The highest BCUT2D eigenvalue weighted by atomic mass is 16.5. The number of ether oxygens (including phenoxy) is 1. The summed E-state index contributed by atoms with van der Waals surface area (Å²) in [6, 6.07) is 10.0. The van der Waals surface area contributed by atoms with Crippen LogP contribution in [0.3, 0.4) is 0 Å². The normalized spacial score (nSPS) is 13.9. The number of carbonyl (C=O) groups is 1. The van der Waals surface area contributed by atoms with Crippen molar-refractivity contribution >= 4 is 5.91 Å². The molecule has 2 heterocycles. The highest BCUT2D eigenvalue weighted by Crippen LogP contribution is 2.25. The average molecular weight is 353 g/mol. The van der Waals surface area contributed by atoms with Gasteiger partial charge in [-0.05, 0) is 49.8 Å². The zero-order chi connectivity index (χ0) is 18.5. The first kappa shape index (κ1) is 18.4. The molecule has 138 valence electrons. The molecule has 0 fully saturated rings. The Labute approximate surface area is 155 Å². The van der Waals surface area contributed by atoms with Crippen LogP contribution in [0.15, 0.2) is 36.5 Å². The van der Waals surface area contributed by atoms with E-state index in [1.807, 2.05) is 30.0 Å². The van der Waals surface area contributed by atoms with Crippen molar-refractivity contribution in [2.45, 2.75) is 33.9 Å². The fraction of sp³-hybridized carbons (Fsp3) is 0.429. The number of aromatic nitrogens is 1. The van der Waals surface area contributed by atoms with Crippen LogP contribution in [0.4, 0.5) is 0 Å². The van der Waals surface area contributed by atoms with Gasteiger partial charge in [-0.1, -0.05) is 19.9 Å². The summed E-state index contributed by atoms with van der Waals surface area (Å²) in [5, 5.41) is 0. The van der Waals surface area contributed by atoms with E-state index >= 15 is 0 Å². The summed E-state index contributed by atoms with van der Waals surface area (Å²) in [5.74, 6) is 0.883. The molecule has 0 N–H and O–H groups in total. The van der Waals surface area contributed by atoms with Gasteiger partial charge in [-0.15, -0.1) is 0 Å². The summed E-state index contributed by atoms with van der Waals surface area (Å²) in [6.45, 7) is 10.9. The van der Waals surface area contributed by atoms with E-state index in [0.29, 0.717) is 25.3 Å². The number of rotatable bonds is 5. The Morgan fingerprint density at radius 1 is 1.23 bits per heavy atom. The maximum atomic E-state index is 12.9. The second-order valence-electron chi connectivity index (χ2n) is 6.67. The zero-order valence-corrected chi connectivity index (χ0v) is 15.9. The molecule has 1 aromatic carbocycles. The van der Waals surface area contributed by atoms with Gasteiger partial charge in [0, 0.05) is 30.5 Å². The van der Waals surface area contributed by atoms with E-state index in [-0.39, 0.29) is 5.91 Å². The van der Waals surface area contributed by atoms with E-state index in [1.165, 1.54) is 5.56 Å². The second kappa shape index (κ2) is 8.32. The smallest absolute Gasteiger partial charge is 0.255 e. The maximum absolute atomic E-state index is 12.9. The summed E-state index contributed by atoms with van der Waals surface area (Å²) < 4.78 is 5.87. The number of aryl methyl sites for hydroxylation is 1. The van der Waals surface area contributed by atoms with Gasteiger partial charge in [0.2, 0.25) is 0 Å².